The van der Waals surface area contributed by atoms with Crippen LogP contribution in [0.3, 0.4) is 0 Å². The molecule has 3 heteroatoms. The van der Waals surface area contributed by atoms with Crippen LogP contribution in [0, 0.1) is 6.92 Å². The number of carbonyl (C=O) groups excluding carboxylic acids is 1. The third-order valence-electron chi connectivity index (χ3n) is 5.24. The molecule has 0 atom stereocenters. The van der Waals surface area contributed by atoms with Gasteiger partial charge in [-0.1, -0.05) is 0 Å². The van der Waals surface area contributed by atoms with E-state index in [1.165, 1.54) is 57.4 Å². The monoisotopic (exact) mass is 439 g/mol. The summed E-state index contributed by atoms with van der Waals surface area (Å²) < 4.78 is 6.08. The zero-order chi connectivity index (χ0) is 18.0. The summed E-state index contributed by atoms with van der Waals surface area (Å²) >= 11 is -2.42. The number of amides is 1. The predicted molar refractivity (Wildman–Crippen MR) is 110 cm³/mol. The van der Waals surface area contributed by atoms with Crippen LogP contribution in [0.4, 0.5) is 5.69 Å². The molecule has 0 spiro atoms. The molecule has 0 unspecified atom stereocenters. The average Bonchev–Trinajstić information content (AvgIpc) is 2.56. The van der Waals surface area contributed by atoms with E-state index in [9.17, 15) is 4.79 Å². The van der Waals surface area contributed by atoms with Gasteiger partial charge in [-0.25, -0.2) is 0 Å². The Hall–Kier alpha value is -0.511. The summed E-state index contributed by atoms with van der Waals surface area (Å²) in [5.74, 6) is 0.0340. The number of benzene rings is 1. The Labute approximate surface area is 153 Å². The molecular formula is C21H37NOSn. The Bertz CT molecular complexity index is 491. The van der Waals surface area contributed by atoms with Crippen molar-refractivity contribution in [2.45, 2.75) is 86.5 Å². The van der Waals surface area contributed by atoms with Gasteiger partial charge < -0.3 is 0 Å². The number of rotatable bonds is 11. The SMILES string of the molecule is CCC[CH2][Sn]([CH2]CCC)([CH2]CCC)[c]1cccc(NC(C)=O)c1C. The van der Waals surface area contributed by atoms with Gasteiger partial charge in [0.25, 0.3) is 0 Å². The van der Waals surface area contributed by atoms with E-state index in [2.05, 4.69) is 51.2 Å². The zero-order valence-corrected chi connectivity index (χ0v) is 19.4. The van der Waals surface area contributed by atoms with Gasteiger partial charge in [-0.05, 0) is 0 Å². The van der Waals surface area contributed by atoms with Gasteiger partial charge in [-0.15, -0.1) is 0 Å². The molecule has 1 amide bonds. The van der Waals surface area contributed by atoms with E-state index >= 15 is 0 Å². The normalized spacial score (nSPS) is 11.5. The maximum absolute atomic E-state index is 11.5. The first-order valence-electron chi connectivity index (χ1n) is 9.88. The standard InChI is InChI=1S/C9H10NO.3C4H9.Sn/c1-7-5-3-4-6-9(7)10-8(2)11;3*1-3-4-2;/h3-4,6H,1-2H3,(H,10,11);3*1,3-4H2,2H3;. The van der Waals surface area contributed by atoms with Gasteiger partial charge >= 0.3 is 154 Å². The molecule has 0 aromatic heterocycles. The second-order valence-corrected chi connectivity index (χ2v) is 20.4. The Morgan fingerprint density at radius 3 is 1.88 bits per heavy atom. The van der Waals surface area contributed by atoms with Crippen LogP contribution in [0.1, 0.15) is 71.8 Å². The van der Waals surface area contributed by atoms with Crippen LogP contribution in [0.5, 0.6) is 0 Å². The van der Waals surface area contributed by atoms with Gasteiger partial charge in [-0.2, -0.15) is 0 Å². The minimum absolute atomic E-state index is 0.0340. The summed E-state index contributed by atoms with van der Waals surface area (Å²) in [6.07, 6.45) is 7.98. The number of unbranched alkanes of at least 4 members (excludes halogenated alkanes) is 3. The molecule has 136 valence electrons. The first-order valence-corrected chi connectivity index (χ1v) is 17.4. The molecule has 1 rings (SSSR count). The Morgan fingerprint density at radius 1 is 0.958 bits per heavy atom. The first-order chi connectivity index (χ1) is 11.5. The van der Waals surface area contributed by atoms with Crippen LogP contribution < -0.4 is 8.90 Å². The van der Waals surface area contributed by atoms with Crippen molar-refractivity contribution in [1.82, 2.24) is 0 Å². The number of carbonyl (C=O) groups is 1. The van der Waals surface area contributed by atoms with E-state index in [0.29, 0.717) is 0 Å². The van der Waals surface area contributed by atoms with Crippen molar-refractivity contribution >= 4 is 33.6 Å². The quantitative estimate of drug-likeness (QED) is 0.422. The molecule has 0 aliphatic heterocycles. The summed E-state index contributed by atoms with van der Waals surface area (Å²) in [4.78, 5) is 11.5. The maximum atomic E-state index is 11.5. The second kappa shape index (κ2) is 11.2. The van der Waals surface area contributed by atoms with Gasteiger partial charge in [0, 0.05) is 0 Å². The number of hydrogen-bond donors (Lipinski definition) is 1. The van der Waals surface area contributed by atoms with Crippen LogP contribution in [0.2, 0.25) is 13.3 Å². The Morgan fingerprint density at radius 2 is 1.46 bits per heavy atom. The van der Waals surface area contributed by atoms with Crippen molar-refractivity contribution in [3.8, 4) is 0 Å². The summed E-state index contributed by atoms with van der Waals surface area (Å²) in [5, 5.41) is 3.05. The van der Waals surface area contributed by atoms with Crippen LogP contribution >= 0.6 is 0 Å². The summed E-state index contributed by atoms with van der Waals surface area (Å²) in [6.45, 7) is 10.8. The molecule has 2 nitrogen and oxygen atoms in total. The van der Waals surface area contributed by atoms with Gasteiger partial charge in [0.2, 0.25) is 0 Å². The van der Waals surface area contributed by atoms with E-state index in [1.807, 2.05) is 0 Å². The molecule has 0 fully saturated rings. The summed E-state index contributed by atoms with van der Waals surface area (Å²) in [7, 11) is 0. The van der Waals surface area contributed by atoms with E-state index in [1.54, 1.807) is 10.5 Å². The van der Waals surface area contributed by atoms with Crippen LogP contribution in [-0.2, 0) is 4.79 Å². The molecule has 24 heavy (non-hydrogen) atoms. The van der Waals surface area contributed by atoms with Crippen molar-refractivity contribution in [2.24, 2.45) is 0 Å². The number of nitrogens with one attached hydrogen (secondary N) is 1. The van der Waals surface area contributed by atoms with Crippen LogP contribution in [0.15, 0.2) is 18.2 Å². The third kappa shape index (κ3) is 6.09. The molecule has 1 N–H and O–H groups in total. The summed E-state index contributed by atoms with van der Waals surface area (Å²) in [5.41, 5.74) is 2.39. The van der Waals surface area contributed by atoms with E-state index in [-0.39, 0.29) is 5.91 Å². The predicted octanol–water partition coefficient (Wildman–Crippen LogP) is 6.01. The molecule has 0 bridgehead atoms. The topological polar surface area (TPSA) is 29.1 Å². The van der Waals surface area contributed by atoms with Gasteiger partial charge in [-0.3, -0.25) is 0 Å². The molecule has 0 heterocycles. The molecule has 1 aromatic carbocycles. The van der Waals surface area contributed by atoms with E-state index in [4.69, 9.17) is 0 Å². The number of hydrogen-bond acceptors (Lipinski definition) is 1. The molecule has 0 radical (unpaired) electrons. The molecule has 0 aliphatic carbocycles. The van der Waals surface area contributed by atoms with Crippen molar-refractivity contribution in [2.75, 3.05) is 5.32 Å². The van der Waals surface area contributed by atoms with Crippen molar-refractivity contribution in [1.29, 1.82) is 0 Å². The van der Waals surface area contributed by atoms with Crippen molar-refractivity contribution < 1.29 is 4.79 Å². The number of anilines is 1. The van der Waals surface area contributed by atoms with E-state index < -0.39 is 18.4 Å². The minimum atomic E-state index is -2.42. The molecule has 0 saturated carbocycles. The van der Waals surface area contributed by atoms with Crippen LogP contribution in [0.25, 0.3) is 0 Å². The fourth-order valence-corrected chi connectivity index (χ4v) is 21.1. The van der Waals surface area contributed by atoms with Crippen molar-refractivity contribution in [3.05, 3.63) is 23.8 Å². The van der Waals surface area contributed by atoms with Crippen molar-refractivity contribution in [3.63, 3.8) is 0 Å². The second-order valence-electron chi connectivity index (χ2n) is 7.25. The van der Waals surface area contributed by atoms with Gasteiger partial charge in [0.15, 0.2) is 0 Å². The van der Waals surface area contributed by atoms with Gasteiger partial charge in [0.1, 0.15) is 0 Å². The fourth-order valence-electron chi connectivity index (χ4n) is 3.86. The summed E-state index contributed by atoms with van der Waals surface area (Å²) in [6, 6.07) is 6.64. The molecular weight excluding hydrogens is 401 g/mol. The Balaban J connectivity index is 3.30. The zero-order valence-electron chi connectivity index (χ0n) is 16.5. The Kier molecular flexibility index (Phi) is 10.0. The van der Waals surface area contributed by atoms with Gasteiger partial charge in [0.05, 0.1) is 0 Å². The molecule has 0 aliphatic rings. The third-order valence-corrected chi connectivity index (χ3v) is 21.3. The average molecular weight is 438 g/mol. The van der Waals surface area contributed by atoms with Crippen LogP contribution in [-0.4, -0.2) is 24.3 Å². The fraction of sp³-hybridized carbons (Fsp3) is 0.667. The molecule has 0 saturated heterocycles. The first kappa shape index (κ1) is 21.5. The van der Waals surface area contributed by atoms with E-state index in [0.717, 1.165) is 5.69 Å². The molecule has 1 aromatic rings.